The quantitative estimate of drug-likeness (QED) is 0.659. The minimum Gasteiger partial charge on any atom is -0.342 e. The van der Waals surface area contributed by atoms with E-state index in [0.717, 1.165) is 6.07 Å². The van der Waals surface area contributed by atoms with E-state index in [0.29, 0.717) is 18.4 Å². The molecule has 0 N–H and O–H groups in total. The molecule has 2 aromatic carbocycles. The third-order valence-electron chi connectivity index (χ3n) is 6.63. The fourth-order valence-electron chi connectivity index (χ4n) is 5.05. The molecule has 3 fully saturated rings. The number of carbonyl (C=O) groups excluding carboxylic acids is 2. The minimum atomic E-state index is -1.08. The van der Waals surface area contributed by atoms with Crippen molar-refractivity contribution in [3.63, 3.8) is 0 Å². The summed E-state index contributed by atoms with van der Waals surface area (Å²) >= 11 is 5.79. The van der Waals surface area contributed by atoms with Crippen LogP contribution in [-0.4, -0.2) is 46.5 Å². The van der Waals surface area contributed by atoms with Crippen molar-refractivity contribution in [2.75, 3.05) is 13.1 Å². The van der Waals surface area contributed by atoms with Crippen molar-refractivity contribution in [3.8, 4) is 0 Å². The molecular weight excluding hydrogens is 445 g/mol. The number of hydrogen-bond acceptors (Lipinski definition) is 3. The number of carbonyl (C=O) groups is 2. The molecule has 5 nitrogen and oxygen atoms in total. The third kappa shape index (κ3) is 3.36. The van der Waals surface area contributed by atoms with Crippen LogP contribution in [0.1, 0.15) is 47.6 Å². The van der Waals surface area contributed by atoms with E-state index in [1.54, 1.807) is 4.90 Å². The van der Waals surface area contributed by atoms with Gasteiger partial charge in [0.2, 0.25) is 0 Å². The molecule has 9 heteroatoms. The Labute approximate surface area is 187 Å². The number of likely N-dealkylation sites (tertiary alicyclic amines) is 1. The summed E-state index contributed by atoms with van der Waals surface area (Å²) in [7, 11) is 0. The Hall–Kier alpha value is -2.58. The van der Waals surface area contributed by atoms with Crippen molar-refractivity contribution in [3.05, 3.63) is 70.0 Å². The summed E-state index contributed by atoms with van der Waals surface area (Å²) in [5.74, 6) is -2.86. The molecule has 0 aromatic heterocycles. The number of rotatable bonds is 2. The van der Waals surface area contributed by atoms with Gasteiger partial charge in [-0.3, -0.25) is 9.59 Å². The summed E-state index contributed by atoms with van der Waals surface area (Å²) in [6, 6.07) is 7.09. The van der Waals surface area contributed by atoms with Gasteiger partial charge in [0.05, 0.1) is 16.6 Å². The Balaban J connectivity index is 1.32. The largest absolute Gasteiger partial charge is 0.342 e. The summed E-state index contributed by atoms with van der Waals surface area (Å²) in [6.45, 7) is 0.437. The van der Waals surface area contributed by atoms with E-state index in [2.05, 4.69) is 0 Å². The molecule has 1 spiro atoms. The number of amides is 2. The third-order valence-corrected chi connectivity index (χ3v) is 6.92. The predicted molar refractivity (Wildman–Crippen MR) is 109 cm³/mol. The molecule has 0 bridgehead atoms. The number of ether oxygens (including phenoxy) is 1. The van der Waals surface area contributed by atoms with Crippen LogP contribution in [0.25, 0.3) is 0 Å². The van der Waals surface area contributed by atoms with Crippen LogP contribution in [0, 0.1) is 17.5 Å². The van der Waals surface area contributed by atoms with Crippen LogP contribution in [0.5, 0.6) is 0 Å². The fraction of sp³-hybridized carbons (Fsp3) is 0.391. The lowest BCUT2D eigenvalue weighted by Gasteiger charge is -2.37. The monoisotopic (exact) mass is 464 g/mol. The van der Waals surface area contributed by atoms with Gasteiger partial charge in [-0.05, 0) is 42.7 Å². The number of halogens is 4. The molecule has 0 aliphatic carbocycles. The lowest BCUT2D eigenvalue weighted by molar-refractivity contribution is -0.142. The second-order valence-electron chi connectivity index (χ2n) is 8.47. The van der Waals surface area contributed by atoms with Crippen LogP contribution < -0.4 is 0 Å². The first kappa shape index (κ1) is 21.3. The number of piperidine rings is 1. The molecule has 3 saturated heterocycles. The summed E-state index contributed by atoms with van der Waals surface area (Å²) in [4.78, 5) is 29.2. The van der Waals surface area contributed by atoms with Gasteiger partial charge in [-0.1, -0.05) is 17.7 Å². The van der Waals surface area contributed by atoms with Gasteiger partial charge in [0.15, 0.2) is 11.4 Å². The number of nitrogens with zero attached hydrogens (tertiary/aromatic N) is 2. The Kier molecular flexibility index (Phi) is 5.17. The van der Waals surface area contributed by atoms with E-state index in [1.165, 1.54) is 35.2 Å². The van der Waals surface area contributed by atoms with Crippen molar-refractivity contribution in [1.82, 2.24) is 9.80 Å². The first-order chi connectivity index (χ1) is 15.3. The topological polar surface area (TPSA) is 49.9 Å². The van der Waals surface area contributed by atoms with Gasteiger partial charge in [0.25, 0.3) is 11.8 Å². The van der Waals surface area contributed by atoms with Crippen LogP contribution >= 0.6 is 11.6 Å². The second-order valence-corrected chi connectivity index (χ2v) is 8.88. The first-order valence-electron chi connectivity index (χ1n) is 10.5. The van der Waals surface area contributed by atoms with E-state index < -0.39 is 41.2 Å². The van der Waals surface area contributed by atoms with E-state index in [1.807, 2.05) is 0 Å². The first-order valence-corrected chi connectivity index (χ1v) is 10.9. The van der Waals surface area contributed by atoms with Crippen LogP contribution in [0.15, 0.2) is 36.4 Å². The van der Waals surface area contributed by atoms with E-state index in [4.69, 9.17) is 16.3 Å². The Bertz CT molecular complexity index is 1080. The zero-order valence-corrected chi connectivity index (χ0v) is 17.7. The minimum absolute atomic E-state index is 0.110. The molecule has 168 valence electrons. The highest BCUT2D eigenvalue weighted by atomic mass is 35.5. The second kappa shape index (κ2) is 7.78. The molecule has 0 saturated carbocycles. The molecule has 2 amide bonds. The standard InChI is InChI=1S/C23H20ClF3N2O3/c24-17-3-1-2-16(20(17)27)21(30)28-8-6-23(7-9-28)22(31)29-18(4-5-19(29)32-23)13-10-14(25)12-15(26)11-13/h1-3,10-12,18-19H,4-9H2. The Morgan fingerprint density at radius 2 is 1.75 bits per heavy atom. The number of fused-ring (bicyclic) bond motifs is 1. The highest BCUT2D eigenvalue weighted by Gasteiger charge is 2.58. The molecule has 2 aromatic rings. The number of benzene rings is 2. The van der Waals surface area contributed by atoms with E-state index in [-0.39, 0.29) is 42.4 Å². The molecule has 0 radical (unpaired) electrons. The lowest BCUT2D eigenvalue weighted by atomic mass is 9.89. The highest BCUT2D eigenvalue weighted by molar-refractivity contribution is 6.31. The number of hydrogen-bond donors (Lipinski definition) is 0. The smallest absolute Gasteiger partial charge is 0.257 e. The van der Waals surface area contributed by atoms with Crippen LogP contribution in [0.4, 0.5) is 13.2 Å². The fourth-order valence-corrected chi connectivity index (χ4v) is 5.22. The average molecular weight is 465 g/mol. The van der Waals surface area contributed by atoms with E-state index in [9.17, 15) is 22.8 Å². The highest BCUT2D eigenvalue weighted by Crippen LogP contribution is 2.47. The molecule has 3 aliphatic heterocycles. The van der Waals surface area contributed by atoms with Gasteiger partial charge in [-0.25, -0.2) is 13.2 Å². The summed E-state index contributed by atoms with van der Waals surface area (Å²) < 4.78 is 47.9. The van der Waals surface area contributed by atoms with Gasteiger partial charge in [0.1, 0.15) is 17.9 Å². The van der Waals surface area contributed by atoms with Gasteiger partial charge >= 0.3 is 0 Å². The lowest BCUT2D eigenvalue weighted by Crippen LogP contribution is -2.51. The average Bonchev–Trinajstić information content (AvgIpc) is 3.28. The molecule has 5 rings (SSSR count). The zero-order chi connectivity index (χ0) is 22.6. The van der Waals surface area contributed by atoms with Crippen molar-refractivity contribution in [2.45, 2.75) is 43.6 Å². The van der Waals surface area contributed by atoms with E-state index >= 15 is 0 Å². The maximum atomic E-state index is 14.3. The molecular formula is C23H20ClF3N2O3. The normalized spacial score (nSPS) is 24.3. The maximum absolute atomic E-state index is 14.3. The Morgan fingerprint density at radius 3 is 2.44 bits per heavy atom. The van der Waals surface area contributed by atoms with Gasteiger partial charge < -0.3 is 14.5 Å². The summed E-state index contributed by atoms with van der Waals surface area (Å²) in [6.07, 6.45) is 1.17. The van der Waals surface area contributed by atoms with Crippen molar-refractivity contribution in [2.24, 2.45) is 0 Å². The zero-order valence-electron chi connectivity index (χ0n) is 17.0. The van der Waals surface area contributed by atoms with Crippen LogP contribution in [0.3, 0.4) is 0 Å². The molecule has 32 heavy (non-hydrogen) atoms. The summed E-state index contributed by atoms with van der Waals surface area (Å²) in [5, 5.41) is -0.126. The molecule has 2 atom stereocenters. The predicted octanol–water partition coefficient (Wildman–Crippen LogP) is 4.45. The molecule has 2 unspecified atom stereocenters. The summed E-state index contributed by atoms with van der Waals surface area (Å²) in [5.41, 5.74) is -0.789. The van der Waals surface area contributed by atoms with Crippen LogP contribution in [-0.2, 0) is 9.53 Å². The van der Waals surface area contributed by atoms with Crippen LogP contribution in [0.2, 0.25) is 5.02 Å². The van der Waals surface area contributed by atoms with Crippen molar-refractivity contribution in [1.29, 1.82) is 0 Å². The van der Waals surface area contributed by atoms with Gasteiger partial charge in [0, 0.05) is 32.0 Å². The molecule has 3 heterocycles. The van der Waals surface area contributed by atoms with Crippen molar-refractivity contribution >= 4 is 23.4 Å². The van der Waals surface area contributed by atoms with Crippen molar-refractivity contribution < 1.29 is 27.5 Å². The molecule has 3 aliphatic rings. The van der Waals surface area contributed by atoms with Gasteiger partial charge in [-0.2, -0.15) is 0 Å². The maximum Gasteiger partial charge on any atom is 0.257 e. The Morgan fingerprint density at radius 1 is 1.06 bits per heavy atom. The van der Waals surface area contributed by atoms with Gasteiger partial charge in [-0.15, -0.1) is 0 Å². The SMILES string of the molecule is O=C(c1cccc(Cl)c1F)N1CCC2(CC1)OC1CCC(c3cc(F)cc(F)c3)N1C2=O.